The van der Waals surface area contributed by atoms with Crippen molar-refractivity contribution in [3.05, 3.63) is 34.3 Å². The fraction of sp³-hybridized carbons (Fsp3) is 0.538. The van der Waals surface area contributed by atoms with E-state index in [1.807, 2.05) is 0 Å². The lowest BCUT2D eigenvalue weighted by molar-refractivity contribution is 0.150. The van der Waals surface area contributed by atoms with Crippen LogP contribution in [0.1, 0.15) is 25.3 Å². The van der Waals surface area contributed by atoms with E-state index in [1.54, 1.807) is 0 Å². The number of rotatable bonds is 4. The van der Waals surface area contributed by atoms with Crippen LogP contribution in [-0.2, 0) is 6.42 Å². The summed E-state index contributed by atoms with van der Waals surface area (Å²) in [4.78, 5) is 0. The Balaban J connectivity index is 2.10. The third-order valence-corrected chi connectivity index (χ3v) is 4.08. The highest BCUT2D eigenvalue weighted by atomic mass is 79.9. The van der Waals surface area contributed by atoms with Crippen molar-refractivity contribution in [3.63, 3.8) is 0 Å². The molecule has 1 nitrogen and oxygen atoms in total. The molecule has 0 saturated carbocycles. The molecule has 0 radical (unpaired) electrons. The molecule has 0 aromatic heterocycles. The van der Waals surface area contributed by atoms with E-state index in [2.05, 4.69) is 52.4 Å². The highest BCUT2D eigenvalue weighted by molar-refractivity contribution is 9.10. The summed E-state index contributed by atoms with van der Waals surface area (Å²) in [5.41, 5.74) is 1.98. The van der Waals surface area contributed by atoms with E-state index in [4.69, 9.17) is 0 Å². The molecule has 0 aliphatic carbocycles. The quantitative estimate of drug-likeness (QED) is 0.882. The first-order valence-corrected chi connectivity index (χ1v) is 6.49. The van der Waals surface area contributed by atoms with E-state index in [9.17, 15) is 0 Å². The SMILES string of the molecule is CCCC1(Cc2ccccc2Br)CNC1. The maximum atomic E-state index is 3.63. The lowest BCUT2D eigenvalue weighted by Crippen LogP contribution is -2.54. The number of hydrogen-bond donors (Lipinski definition) is 1. The molecule has 2 heteroatoms. The van der Waals surface area contributed by atoms with E-state index in [-0.39, 0.29) is 0 Å². The Labute approximate surface area is 100 Å². The van der Waals surface area contributed by atoms with Gasteiger partial charge in [-0.05, 0) is 29.9 Å². The van der Waals surface area contributed by atoms with E-state index in [0.29, 0.717) is 5.41 Å². The summed E-state index contributed by atoms with van der Waals surface area (Å²) < 4.78 is 1.26. The highest BCUT2D eigenvalue weighted by Crippen LogP contribution is 2.34. The van der Waals surface area contributed by atoms with Gasteiger partial charge in [-0.2, -0.15) is 0 Å². The molecule has 1 heterocycles. The minimum atomic E-state index is 0.526. The van der Waals surface area contributed by atoms with Crippen LogP contribution in [0.2, 0.25) is 0 Å². The second kappa shape index (κ2) is 4.67. The third-order valence-electron chi connectivity index (χ3n) is 3.30. The lowest BCUT2D eigenvalue weighted by Gasteiger charge is -2.43. The highest BCUT2D eigenvalue weighted by Gasteiger charge is 2.36. The van der Waals surface area contributed by atoms with Gasteiger partial charge in [-0.25, -0.2) is 0 Å². The molecule has 1 fully saturated rings. The topological polar surface area (TPSA) is 12.0 Å². The average Bonchev–Trinajstić information content (AvgIpc) is 2.18. The fourth-order valence-corrected chi connectivity index (χ4v) is 2.87. The second-order valence-electron chi connectivity index (χ2n) is 4.62. The normalized spacial score (nSPS) is 18.5. The van der Waals surface area contributed by atoms with Crippen LogP contribution in [0.3, 0.4) is 0 Å². The van der Waals surface area contributed by atoms with Gasteiger partial charge < -0.3 is 5.32 Å². The Kier molecular flexibility index (Phi) is 3.47. The molecule has 1 saturated heterocycles. The summed E-state index contributed by atoms with van der Waals surface area (Å²) in [6.07, 6.45) is 3.82. The predicted octanol–water partition coefficient (Wildman–Crippen LogP) is 3.38. The molecule has 0 bridgehead atoms. The van der Waals surface area contributed by atoms with Gasteiger partial charge in [-0.15, -0.1) is 0 Å². The number of hydrogen-bond acceptors (Lipinski definition) is 1. The Morgan fingerprint density at radius 3 is 2.60 bits per heavy atom. The van der Waals surface area contributed by atoms with Crippen LogP contribution < -0.4 is 5.32 Å². The average molecular weight is 268 g/mol. The van der Waals surface area contributed by atoms with Crippen molar-refractivity contribution in [1.82, 2.24) is 5.32 Å². The van der Waals surface area contributed by atoms with Gasteiger partial charge in [0, 0.05) is 17.6 Å². The van der Waals surface area contributed by atoms with Crippen molar-refractivity contribution in [2.24, 2.45) is 5.41 Å². The van der Waals surface area contributed by atoms with Crippen molar-refractivity contribution in [1.29, 1.82) is 0 Å². The van der Waals surface area contributed by atoms with Gasteiger partial charge in [0.2, 0.25) is 0 Å². The maximum Gasteiger partial charge on any atom is 0.0207 e. The first-order valence-electron chi connectivity index (χ1n) is 5.70. The van der Waals surface area contributed by atoms with Gasteiger partial charge in [0.15, 0.2) is 0 Å². The molecule has 1 aliphatic heterocycles. The monoisotopic (exact) mass is 267 g/mol. The van der Waals surface area contributed by atoms with Crippen LogP contribution in [0.15, 0.2) is 28.7 Å². The molecule has 0 amide bonds. The molecule has 1 aromatic carbocycles. The molecule has 0 atom stereocenters. The van der Waals surface area contributed by atoms with Gasteiger partial charge >= 0.3 is 0 Å². The Bertz CT molecular complexity index is 331. The summed E-state index contributed by atoms with van der Waals surface area (Å²) >= 11 is 3.63. The van der Waals surface area contributed by atoms with Crippen molar-refractivity contribution < 1.29 is 0 Å². The van der Waals surface area contributed by atoms with E-state index in [0.717, 1.165) is 0 Å². The summed E-state index contributed by atoms with van der Waals surface area (Å²) in [6, 6.07) is 8.59. The molecule has 82 valence electrons. The van der Waals surface area contributed by atoms with Crippen molar-refractivity contribution in [3.8, 4) is 0 Å². The largest absolute Gasteiger partial charge is 0.316 e. The van der Waals surface area contributed by atoms with Gasteiger partial charge in [0.25, 0.3) is 0 Å². The first kappa shape index (κ1) is 11.2. The Morgan fingerprint density at radius 1 is 1.33 bits per heavy atom. The molecule has 0 spiro atoms. The van der Waals surface area contributed by atoms with Crippen LogP contribution in [0, 0.1) is 5.41 Å². The zero-order valence-corrected chi connectivity index (χ0v) is 10.8. The number of halogens is 1. The maximum absolute atomic E-state index is 3.63. The van der Waals surface area contributed by atoms with E-state index in [1.165, 1.54) is 42.4 Å². The van der Waals surface area contributed by atoms with Gasteiger partial charge in [-0.1, -0.05) is 47.5 Å². The molecule has 2 rings (SSSR count). The minimum absolute atomic E-state index is 0.526. The van der Waals surface area contributed by atoms with Crippen LogP contribution in [-0.4, -0.2) is 13.1 Å². The molecule has 1 aliphatic rings. The van der Waals surface area contributed by atoms with Gasteiger partial charge in [0.1, 0.15) is 0 Å². The summed E-state index contributed by atoms with van der Waals surface area (Å²) in [6.45, 7) is 4.64. The molecule has 1 N–H and O–H groups in total. The zero-order valence-electron chi connectivity index (χ0n) is 9.22. The molecule has 0 unspecified atom stereocenters. The van der Waals surface area contributed by atoms with Crippen LogP contribution in [0.5, 0.6) is 0 Å². The second-order valence-corrected chi connectivity index (χ2v) is 5.48. The van der Waals surface area contributed by atoms with Crippen molar-refractivity contribution in [2.45, 2.75) is 26.2 Å². The molecular weight excluding hydrogens is 250 g/mol. The predicted molar refractivity (Wildman–Crippen MR) is 68.1 cm³/mol. The van der Waals surface area contributed by atoms with Gasteiger partial charge in [-0.3, -0.25) is 0 Å². The van der Waals surface area contributed by atoms with Crippen LogP contribution >= 0.6 is 15.9 Å². The van der Waals surface area contributed by atoms with Crippen LogP contribution in [0.4, 0.5) is 0 Å². The van der Waals surface area contributed by atoms with Crippen LogP contribution in [0.25, 0.3) is 0 Å². The Morgan fingerprint density at radius 2 is 2.07 bits per heavy atom. The number of benzene rings is 1. The third kappa shape index (κ3) is 2.43. The zero-order chi connectivity index (χ0) is 10.7. The summed E-state index contributed by atoms with van der Waals surface area (Å²) in [5.74, 6) is 0. The summed E-state index contributed by atoms with van der Waals surface area (Å²) in [5, 5.41) is 3.41. The van der Waals surface area contributed by atoms with Crippen molar-refractivity contribution in [2.75, 3.05) is 13.1 Å². The summed E-state index contributed by atoms with van der Waals surface area (Å²) in [7, 11) is 0. The molecule has 1 aromatic rings. The van der Waals surface area contributed by atoms with E-state index < -0.39 is 0 Å². The fourth-order valence-electron chi connectivity index (χ4n) is 2.44. The smallest absolute Gasteiger partial charge is 0.0207 e. The molecule has 15 heavy (non-hydrogen) atoms. The van der Waals surface area contributed by atoms with Gasteiger partial charge in [0.05, 0.1) is 0 Å². The minimum Gasteiger partial charge on any atom is -0.316 e. The number of nitrogens with one attached hydrogen (secondary N) is 1. The lowest BCUT2D eigenvalue weighted by atomic mass is 9.73. The van der Waals surface area contributed by atoms with E-state index >= 15 is 0 Å². The van der Waals surface area contributed by atoms with Crippen molar-refractivity contribution >= 4 is 15.9 Å². The Hall–Kier alpha value is -0.340. The first-order chi connectivity index (χ1) is 7.26. The standard InChI is InChI=1S/C13H18BrN/c1-2-7-13(9-15-10-13)8-11-5-3-4-6-12(11)14/h3-6,15H,2,7-10H2,1H3. The molecular formula is C13H18BrN.